The monoisotopic (exact) mass is 308 g/mol. The van der Waals surface area contributed by atoms with Gasteiger partial charge >= 0.3 is 0 Å². The highest BCUT2D eigenvalue weighted by Gasteiger charge is 2.24. The molecular formula is C18H29ClN2. The molecule has 1 N–H and O–H groups in total. The molecule has 3 heteroatoms. The third-order valence-corrected chi connectivity index (χ3v) is 4.77. The molecule has 1 heterocycles. The van der Waals surface area contributed by atoms with Gasteiger partial charge in [0.2, 0.25) is 0 Å². The molecule has 1 aliphatic heterocycles. The van der Waals surface area contributed by atoms with Crippen LogP contribution in [-0.4, -0.2) is 18.6 Å². The Morgan fingerprint density at radius 1 is 1.24 bits per heavy atom. The first-order valence-electron chi connectivity index (χ1n) is 8.04. The molecule has 1 aromatic carbocycles. The van der Waals surface area contributed by atoms with Gasteiger partial charge in [0.05, 0.1) is 0 Å². The first kappa shape index (κ1) is 16.6. The third-order valence-electron chi connectivity index (χ3n) is 4.53. The van der Waals surface area contributed by atoms with E-state index < -0.39 is 0 Å². The average molecular weight is 309 g/mol. The van der Waals surface area contributed by atoms with E-state index in [1.807, 2.05) is 6.07 Å². The second-order valence-corrected chi connectivity index (χ2v) is 8.00. The number of hydrogen-bond acceptors (Lipinski definition) is 2. The summed E-state index contributed by atoms with van der Waals surface area (Å²) in [6, 6.07) is 6.30. The van der Waals surface area contributed by atoms with Crippen LogP contribution in [0.5, 0.6) is 0 Å². The van der Waals surface area contributed by atoms with Gasteiger partial charge in [0.1, 0.15) is 0 Å². The van der Waals surface area contributed by atoms with E-state index in [-0.39, 0.29) is 5.54 Å². The smallest absolute Gasteiger partial charge is 0.0426 e. The van der Waals surface area contributed by atoms with Crippen molar-refractivity contribution in [3.63, 3.8) is 0 Å². The van der Waals surface area contributed by atoms with Gasteiger partial charge in [-0.05, 0) is 56.7 Å². The molecule has 1 aromatic rings. The van der Waals surface area contributed by atoms with Crippen LogP contribution in [0.2, 0.25) is 5.02 Å². The molecule has 0 aromatic heterocycles. The number of rotatable bonds is 3. The topological polar surface area (TPSA) is 15.3 Å². The maximum Gasteiger partial charge on any atom is 0.0426 e. The standard InChI is InChI=1S/C18H29ClN2/c1-13-8-9-21(12-14(13)2)17-10-16(19)7-6-15(17)11-20-18(3,4)5/h6-7,10,13-14,20H,8-9,11-12H2,1-5H3. The van der Waals surface area contributed by atoms with Crippen molar-refractivity contribution in [1.29, 1.82) is 0 Å². The lowest BCUT2D eigenvalue weighted by atomic mass is 9.88. The Labute approximate surface area is 134 Å². The normalized spacial score (nSPS) is 23.4. The van der Waals surface area contributed by atoms with E-state index in [9.17, 15) is 0 Å². The van der Waals surface area contributed by atoms with Crippen LogP contribution in [0.1, 0.15) is 46.6 Å². The van der Waals surface area contributed by atoms with E-state index in [1.165, 1.54) is 17.7 Å². The Kier molecular flexibility index (Phi) is 5.21. The lowest BCUT2D eigenvalue weighted by Gasteiger charge is -2.38. The first-order chi connectivity index (χ1) is 9.76. The molecule has 0 amide bonds. The first-order valence-corrected chi connectivity index (χ1v) is 8.42. The molecule has 0 bridgehead atoms. The van der Waals surface area contributed by atoms with Crippen LogP contribution in [0.4, 0.5) is 5.69 Å². The van der Waals surface area contributed by atoms with Gasteiger partial charge in [0.15, 0.2) is 0 Å². The van der Waals surface area contributed by atoms with E-state index in [0.29, 0.717) is 0 Å². The van der Waals surface area contributed by atoms with E-state index in [4.69, 9.17) is 11.6 Å². The fourth-order valence-corrected chi connectivity index (χ4v) is 2.99. The predicted molar refractivity (Wildman–Crippen MR) is 93.2 cm³/mol. The lowest BCUT2D eigenvalue weighted by Crippen LogP contribution is -2.40. The Bertz CT molecular complexity index is 479. The second kappa shape index (κ2) is 6.58. The summed E-state index contributed by atoms with van der Waals surface area (Å²) in [6.07, 6.45) is 1.26. The van der Waals surface area contributed by atoms with Crippen molar-refractivity contribution in [1.82, 2.24) is 5.32 Å². The summed E-state index contributed by atoms with van der Waals surface area (Å²) in [5.74, 6) is 1.55. The van der Waals surface area contributed by atoms with Crippen molar-refractivity contribution in [2.45, 2.75) is 53.1 Å². The van der Waals surface area contributed by atoms with Gasteiger partial charge in [-0.25, -0.2) is 0 Å². The second-order valence-electron chi connectivity index (χ2n) is 7.57. The van der Waals surface area contributed by atoms with E-state index in [1.54, 1.807) is 0 Å². The molecule has 1 aliphatic rings. The highest BCUT2D eigenvalue weighted by atomic mass is 35.5. The van der Waals surface area contributed by atoms with Gasteiger partial charge in [-0.3, -0.25) is 0 Å². The fraction of sp³-hybridized carbons (Fsp3) is 0.667. The summed E-state index contributed by atoms with van der Waals surface area (Å²) < 4.78 is 0. The van der Waals surface area contributed by atoms with Gasteiger partial charge < -0.3 is 10.2 Å². The Balaban J connectivity index is 2.19. The van der Waals surface area contributed by atoms with E-state index in [0.717, 1.165) is 36.5 Å². The maximum absolute atomic E-state index is 6.24. The molecule has 118 valence electrons. The zero-order valence-corrected chi connectivity index (χ0v) is 14.8. The van der Waals surface area contributed by atoms with Crippen molar-refractivity contribution in [2.24, 2.45) is 11.8 Å². The number of halogens is 1. The number of piperidine rings is 1. The number of benzene rings is 1. The molecule has 2 rings (SSSR count). The minimum atomic E-state index is 0.126. The summed E-state index contributed by atoms with van der Waals surface area (Å²) in [4.78, 5) is 2.51. The lowest BCUT2D eigenvalue weighted by molar-refractivity contribution is 0.323. The summed E-state index contributed by atoms with van der Waals surface area (Å²) in [7, 11) is 0. The van der Waals surface area contributed by atoms with Gasteiger partial charge in [0.25, 0.3) is 0 Å². The maximum atomic E-state index is 6.24. The van der Waals surface area contributed by atoms with E-state index >= 15 is 0 Å². The molecule has 0 spiro atoms. The Hall–Kier alpha value is -0.730. The number of nitrogens with zero attached hydrogens (tertiary/aromatic N) is 1. The van der Waals surface area contributed by atoms with Crippen LogP contribution >= 0.6 is 11.6 Å². The van der Waals surface area contributed by atoms with Crippen LogP contribution in [0.25, 0.3) is 0 Å². The number of anilines is 1. The quantitative estimate of drug-likeness (QED) is 0.870. The third kappa shape index (κ3) is 4.62. The van der Waals surface area contributed by atoms with Crippen molar-refractivity contribution in [3.05, 3.63) is 28.8 Å². The zero-order valence-electron chi connectivity index (χ0n) is 14.0. The van der Waals surface area contributed by atoms with Crippen molar-refractivity contribution in [2.75, 3.05) is 18.0 Å². The minimum Gasteiger partial charge on any atom is -0.371 e. The van der Waals surface area contributed by atoms with Crippen molar-refractivity contribution >= 4 is 17.3 Å². The Morgan fingerprint density at radius 2 is 1.95 bits per heavy atom. The number of hydrogen-bond donors (Lipinski definition) is 1. The van der Waals surface area contributed by atoms with Crippen LogP contribution < -0.4 is 10.2 Å². The van der Waals surface area contributed by atoms with Crippen molar-refractivity contribution < 1.29 is 0 Å². The summed E-state index contributed by atoms with van der Waals surface area (Å²) in [5, 5.41) is 4.42. The molecular weight excluding hydrogens is 280 g/mol. The molecule has 0 radical (unpaired) electrons. The molecule has 2 atom stereocenters. The number of nitrogens with one attached hydrogen (secondary N) is 1. The van der Waals surface area contributed by atoms with Gasteiger partial charge in [-0.2, -0.15) is 0 Å². The average Bonchev–Trinajstić information content (AvgIpc) is 2.39. The summed E-state index contributed by atoms with van der Waals surface area (Å²) in [6.45, 7) is 14.5. The largest absolute Gasteiger partial charge is 0.371 e. The van der Waals surface area contributed by atoms with Crippen molar-refractivity contribution in [3.8, 4) is 0 Å². The molecule has 0 aliphatic carbocycles. The zero-order chi connectivity index (χ0) is 15.6. The molecule has 2 unspecified atom stereocenters. The van der Waals surface area contributed by atoms with Gasteiger partial charge in [-0.15, -0.1) is 0 Å². The SMILES string of the molecule is CC1CCN(c2cc(Cl)ccc2CNC(C)(C)C)CC1C. The summed E-state index contributed by atoms with van der Waals surface area (Å²) in [5.41, 5.74) is 2.77. The molecule has 1 saturated heterocycles. The van der Waals surface area contributed by atoms with Gasteiger partial charge in [-0.1, -0.05) is 31.5 Å². The predicted octanol–water partition coefficient (Wildman–Crippen LogP) is 4.71. The van der Waals surface area contributed by atoms with Crippen LogP contribution in [0.3, 0.4) is 0 Å². The van der Waals surface area contributed by atoms with Crippen LogP contribution in [0.15, 0.2) is 18.2 Å². The van der Waals surface area contributed by atoms with E-state index in [2.05, 4.69) is 57.0 Å². The summed E-state index contributed by atoms with van der Waals surface area (Å²) >= 11 is 6.24. The van der Waals surface area contributed by atoms with Crippen LogP contribution in [0, 0.1) is 11.8 Å². The Morgan fingerprint density at radius 3 is 2.57 bits per heavy atom. The minimum absolute atomic E-state index is 0.126. The molecule has 21 heavy (non-hydrogen) atoms. The highest BCUT2D eigenvalue weighted by molar-refractivity contribution is 6.30. The highest BCUT2D eigenvalue weighted by Crippen LogP contribution is 2.31. The molecule has 0 saturated carbocycles. The molecule has 1 fully saturated rings. The molecule has 2 nitrogen and oxygen atoms in total. The van der Waals surface area contributed by atoms with Crippen LogP contribution in [-0.2, 0) is 6.54 Å². The fourth-order valence-electron chi connectivity index (χ4n) is 2.82. The van der Waals surface area contributed by atoms with Gasteiger partial charge in [0, 0.05) is 35.9 Å².